The maximum Gasteiger partial charge on any atom is 0.413 e. The first kappa shape index (κ1) is 23.7. The van der Waals surface area contributed by atoms with Gasteiger partial charge in [-0.05, 0) is 43.2 Å². The number of hydrogen-bond donors (Lipinski definition) is 2. The molecule has 0 radical (unpaired) electrons. The first-order chi connectivity index (χ1) is 15.7. The maximum absolute atomic E-state index is 13.2. The van der Waals surface area contributed by atoms with Crippen LogP contribution in [0, 0.1) is 0 Å². The van der Waals surface area contributed by atoms with E-state index < -0.39 is 48.5 Å². The molecule has 3 rings (SSSR count). The Bertz CT molecular complexity index is 1120. The number of carbonyl (C=O) groups is 5. The molecule has 2 N–H and O–H groups in total. The number of nitrogens with zero attached hydrogens (tertiary/aromatic N) is 2. The summed E-state index contributed by atoms with van der Waals surface area (Å²) in [7, 11) is 0. The number of likely N-dealkylation sites (N-methyl/N-ethyl adjacent to an activating group) is 1. The lowest BCUT2D eigenvalue weighted by atomic mass is 9.90. The van der Waals surface area contributed by atoms with Gasteiger partial charge >= 0.3 is 12.1 Å². The average molecular weight is 454 g/mol. The van der Waals surface area contributed by atoms with Gasteiger partial charge in [-0.1, -0.05) is 36.4 Å². The van der Waals surface area contributed by atoms with Crippen molar-refractivity contribution in [1.29, 1.82) is 0 Å². The molecule has 1 atom stereocenters. The second-order valence-corrected chi connectivity index (χ2v) is 7.68. The zero-order valence-corrected chi connectivity index (χ0v) is 18.7. The van der Waals surface area contributed by atoms with Gasteiger partial charge in [-0.2, -0.15) is 0 Å². The molecular weight excluding hydrogens is 428 g/mol. The zero-order chi connectivity index (χ0) is 24.2. The van der Waals surface area contributed by atoms with E-state index in [0.717, 1.165) is 20.6 Å². The molecule has 2 aromatic carbocycles. The molecule has 0 bridgehead atoms. The summed E-state index contributed by atoms with van der Waals surface area (Å²) in [6.07, 6.45) is -0.911. The summed E-state index contributed by atoms with van der Waals surface area (Å²) in [4.78, 5) is 63.9. The highest BCUT2D eigenvalue weighted by molar-refractivity contribution is 6.09. The molecule has 1 aliphatic rings. The number of imide groups is 2. The Morgan fingerprint density at radius 1 is 1.09 bits per heavy atom. The zero-order valence-electron chi connectivity index (χ0n) is 18.7. The van der Waals surface area contributed by atoms with Gasteiger partial charge in [0.1, 0.15) is 18.6 Å². The molecule has 0 spiro atoms. The second kappa shape index (κ2) is 9.68. The van der Waals surface area contributed by atoms with Crippen LogP contribution in [0.15, 0.2) is 42.5 Å². The van der Waals surface area contributed by atoms with Crippen LogP contribution < -0.4 is 10.6 Å². The van der Waals surface area contributed by atoms with Crippen molar-refractivity contribution in [2.75, 3.05) is 26.2 Å². The number of rotatable bonds is 7. The molecule has 174 valence electrons. The molecule has 0 aromatic heterocycles. The molecule has 1 fully saturated rings. The van der Waals surface area contributed by atoms with Crippen LogP contribution in [-0.2, 0) is 24.7 Å². The van der Waals surface area contributed by atoms with E-state index in [2.05, 4.69) is 10.1 Å². The van der Waals surface area contributed by atoms with Gasteiger partial charge in [-0.25, -0.2) is 9.59 Å². The predicted octanol–water partition coefficient (Wildman–Crippen LogP) is 1.73. The van der Waals surface area contributed by atoms with Crippen molar-refractivity contribution in [1.82, 2.24) is 20.4 Å². The largest absolute Gasteiger partial charge is 0.450 e. The number of nitrogens with one attached hydrogen (secondary N) is 2. The number of hydrogen-bond acceptors (Lipinski definition) is 6. The lowest BCUT2D eigenvalue weighted by Crippen LogP contribution is -2.48. The SMILES string of the molecule is CCOC(=O)NC(=O)CN(CC)C(=O)CN1C(=O)NC(C)(c2ccc3ccccc3c2)C1=O. The van der Waals surface area contributed by atoms with Gasteiger partial charge < -0.3 is 15.0 Å². The van der Waals surface area contributed by atoms with Crippen LogP contribution in [0.5, 0.6) is 0 Å². The monoisotopic (exact) mass is 454 g/mol. The summed E-state index contributed by atoms with van der Waals surface area (Å²) in [5, 5.41) is 6.60. The average Bonchev–Trinajstić information content (AvgIpc) is 3.01. The standard InChI is InChI=1S/C23H26N4O6/c1-4-26(13-18(28)24-22(32)33-5-2)19(29)14-27-20(30)23(3,25-21(27)31)17-11-10-15-8-6-7-9-16(15)12-17/h6-12H,4-5,13-14H2,1-3H3,(H,25,31)(H,24,28,32). The summed E-state index contributed by atoms with van der Waals surface area (Å²) in [5.41, 5.74) is -0.740. The molecule has 10 heteroatoms. The fraction of sp³-hybridized carbons (Fsp3) is 0.348. The molecule has 0 aliphatic carbocycles. The van der Waals surface area contributed by atoms with Crippen molar-refractivity contribution in [2.45, 2.75) is 26.3 Å². The van der Waals surface area contributed by atoms with Crippen molar-refractivity contribution < 1.29 is 28.7 Å². The lowest BCUT2D eigenvalue weighted by Gasteiger charge is -2.24. The van der Waals surface area contributed by atoms with Crippen molar-refractivity contribution >= 4 is 40.6 Å². The van der Waals surface area contributed by atoms with Gasteiger partial charge in [-0.15, -0.1) is 0 Å². The molecule has 1 unspecified atom stereocenters. The minimum absolute atomic E-state index is 0.0949. The molecule has 0 saturated carbocycles. The highest BCUT2D eigenvalue weighted by atomic mass is 16.5. The Hall–Kier alpha value is -3.95. The fourth-order valence-electron chi connectivity index (χ4n) is 3.64. The number of alkyl carbamates (subject to hydrolysis) is 1. The summed E-state index contributed by atoms with van der Waals surface area (Å²) in [6, 6.07) is 12.4. The fourth-order valence-corrected chi connectivity index (χ4v) is 3.64. The van der Waals surface area contributed by atoms with Gasteiger partial charge in [-0.3, -0.25) is 24.6 Å². The molecular formula is C23H26N4O6. The number of amides is 6. The van der Waals surface area contributed by atoms with Gasteiger partial charge in [0.2, 0.25) is 11.8 Å². The number of benzene rings is 2. The Kier molecular flexibility index (Phi) is 6.95. The Balaban J connectivity index is 1.72. The number of ether oxygens (including phenoxy) is 1. The van der Waals surface area contributed by atoms with E-state index in [1.807, 2.05) is 41.7 Å². The van der Waals surface area contributed by atoms with Crippen LogP contribution in [-0.4, -0.2) is 65.9 Å². The van der Waals surface area contributed by atoms with Crippen molar-refractivity contribution in [3.8, 4) is 0 Å². The minimum atomic E-state index is -1.33. The van der Waals surface area contributed by atoms with Crippen LogP contribution in [0.3, 0.4) is 0 Å². The summed E-state index contributed by atoms with van der Waals surface area (Å²) < 4.78 is 4.64. The van der Waals surface area contributed by atoms with E-state index >= 15 is 0 Å². The van der Waals surface area contributed by atoms with Gasteiger partial charge in [0, 0.05) is 6.54 Å². The second-order valence-electron chi connectivity index (χ2n) is 7.68. The molecule has 1 heterocycles. The van der Waals surface area contributed by atoms with Crippen LogP contribution >= 0.6 is 0 Å². The topological polar surface area (TPSA) is 125 Å². The van der Waals surface area contributed by atoms with Crippen molar-refractivity contribution in [3.63, 3.8) is 0 Å². The van der Waals surface area contributed by atoms with Crippen molar-refractivity contribution in [2.24, 2.45) is 0 Å². The molecule has 2 aromatic rings. The predicted molar refractivity (Wildman–Crippen MR) is 119 cm³/mol. The van der Waals surface area contributed by atoms with E-state index in [1.54, 1.807) is 26.8 Å². The third-order valence-corrected chi connectivity index (χ3v) is 5.48. The van der Waals surface area contributed by atoms with Gasteiger partial charge in [0.05, 0.1) is 6.61 Å². The highest BCUT2D eigenvalue weighted by Gasteiger charge is 2.49. The normalized spacial score (nSPS) is 17.6. The smallest absolute Gasteiger partial charge is 0.413 e. The van der Waals surface area contributed by atoms with E-state index in [9.17, 15) is 24.0 Å². The first-order valence-electron chi connectivity index (χ1n) is 10.6. The number of carbonyl (C=O) groups excluding carboxylic acids is 5. The van der Waals surface area contributed by atoms with Gasteiger partial charge in [0.15, 0.2) is 0 Å². The van der Waals surface area contributed by atoms with Crippen LogP contribution in [0.2, 0.25) is 0 Å². The molecule has 6 amide bonds. The van der Waals surface area contributed by atoms with Crippen LogP contribution in [0.25, 0.3) is 10.8 Å². The lowest BCUT2D eigenvalue weighted by molar-refractivity contribution is -0.140. The quantitative estimate of drug-likeness (QED) is 0.614. The molecule has 1 saturated heterocycles. The van der Waals surface area contributed by atoms with E-state index in [-0.39, 0.29) is 13.2 Å². The third kappa shape index (κ3) is 4.94. The summed E-state index contributed by atoms with van der Waals surface area (Å²) in [6.45, 7) is 4.11. The summed E-state index contributed by atoms with van der Waals surface area (Å²) >= 11 is 0. The van der Waals surface area contributed by atoms with Crippen molar-refractivity contribution in [3.05, 3.63) is 48.0 Å². The molecule has 33 heavy (non-hydrogen) atoms. The van der Waals surface area contributed by atoms with Crippen LogP contribution in [0.4, 0.5) is 9.59 Å². The molecule has 10 nitrogen and oxygen atoms in total. The first-order valence-corrected chi connectivity index (χ1v) is 10.6. The molecule has 1 aliphatic heterocycles. The Morgan fingerprint density at radius 3 is 2.45 bits per heavy atom. The van der Waals surface area contributed by atoms with E-state index in [1.165, 1.54) is 0 Å². The number of fused-ring (bicyclic) bond motifs is 1. The Labute approximate surface area is 190 Å². The highest BCUT2D eigenvalue weighted by Crippen LogP contribution is 2.31. The minimum Gasteiger partial charge on any atom is -0.450 e. The third-order valence-electron chi connectivity index (χ3n) is 5.48. The van der Waals surface area contributed by atoms with E-state index in [0.29, 0.717) is 5.56 Å². The Morgan fingerprint density at radius 2 is 1.79 bits per heavy atom. The number of urea groups is 1. The van der Waals surface area contributed by atoms with E-state index in [4.69, 9.17) is 0 Å². The maximum atomic E-state index is 13.2. The summed E-state index contributed by atoms with van der Waals surface area (Å²) in [5.74, 6) is -1.91. The van der Waals surface area contributed by atoms with Gasteiger partial charge in [0.25, 0.3) is 5.91 Å². The van der Waals surface area contributed by atoms with Crippen LogP contribution in [0.1, 0.15) is 26.3 Å².